The number of thiocarbonyl (C=S) groups is 1. The fourth-order valence-corrected chi connectivity index (χ4v) is 2.60. The van der Waals surface area contributed by atoms with Crippen LogP contribution in [0.5, 0.6) is 0 Å². The molecule has 0 spiro atoms. The van der Waals surface area contributed by atoms with Gasteiger partial charge in [-0.1, -0.05) is 19.8 Å². The summed E-state index contributed by atoms with van der Waals surface area (Å²) in [6.45, 7) is 2.36. The van der Waals surface area contributed by atoms with Crippen LogP contribution in [-0.2, 0) is 0 Å². The van der Waals surface area contributed by atoms with Gasteiger partial charge in [0, 0.05) is 12.1 Å². The Morgan fingerprint density at radius 2 is 1.53 bits per heavy atom. The van der Waals surface area contributed by atoms with E-state index in [4.69, 9.17) is 12.2 Å². The van der Waals surface area contributed by atoms with E-state index in [0.29, 0.717) is 12.1 Å². The van der Waals surface area contributed by atoms with Crippen molar-refractivity contribution in [2.45, 2.75) is 64.0 Å². The van der Waals surface area contributed by atoms with E-state index in [2.05, 4.69) is 17.6 Å². The van der Waals surface area contributed by atoms with Crippen LogP contribution < -0.4 is 10.6 Å². The summed E-state index contributed by atoms with van der Waals surface area (Å²) < 4.78 is 0. The zero-order valence-corrected chi connectivity index (χ0v) is 10.4. The molecule has 2 atom stereocenters. The van der Waals surface area contributed by atoms with E-state index >= 15 is 0 Å². The summed E-state index contributed by atoms with van der Waals surface area (Å²) in [7, 11) is 0. The largest absolute Gasteiger partial charge is 0.360 e. The monoisotopic (exact) mass is 226 g/mol. The first-order valence-electron chi connectivity index (χ1n) is 6.31. The highest BCUT2D eigenvalue weighted by Crippen LogP contribution is 2.23. The van der Waals surface area contributed by atoms with Crippen LogP contribution >= 0.6 is 12.2 Å². The van der Waals surface area contributed by atoms with Gasteiger partial charge in [-0.15, -0.1) is 0 Å². The van der Waals surface area contributed by atoms with Crippen LogP contribution in [0, 0.1) is 5.92 Å². The minimum atomic E-state index is 0.619. The van der Waals surface area contributed by atoms with Gasteiger partial charge in [0.1, 0.15) is 0 Å². The van der Waals surface area contributed by atoms with Gasteiger partial charge >= 0.3 is 0 Å². The molecule has 3 heteroatoms. The zero-order chi connectivity index (χ0) is 10.7. The molecule has 0 aromatic heterocycles. The van der Waals surface area contributed by atoms with Crippen LogP contribution in [0.15, 0.2) is 0 Å². The van der Waals surface area contributed by atoms with Crippen LogP contribution in [0.1, 0.15) is 51.9 Å². The maximum atomic E-state index is 5.30. The van der Waals surface area contributed by atoms with Gasteiger partial charge in [0.25, 0.3) is 0 Å². The molecule has 2 aliphatic rings. The summed E-state index contributed by atoms with van der Waals surface area (Å²) in [5, 5.41) is 7.71. The molecule has 2 rings (SSSR count). The molecule has 0 aromatic carbocycles. The van der Waals surface area contributed by atoms with Gasteiger partial charge in [0.05, 0.1) is 0 Å². The molecule has 86 valence electrons. The van der Waals surface area contributed by atoms with E-state index in [9.17, 15) is 0 Å². The van der Waals surface area contributed by atoms with E-state index < -0.39 is 0 Å². The first-order valence-corrected chi connectivity index (χ1v) is 6.72. The van der Waals surface area contributed by atoms with Crippen LogP contribution in [0.2, 0.25) is 0 Å². The van der Waals surface area contributed by atoms with E-state index in [1.807, 2.05) is 0 Å². The fourth-order valence-electron chi connectivity index (χ4n) is 2.27. The average Bonchev–Trinajstić information content (AvgIpc) is 2.97. The Hall–Kier alpha value is -0.310. The van der Waals surface area contributed by atoms with Gasteiger partial charge in [-0.2, -0.15) is 0 Å². The summed E-state index contributed by atoms with van der Waals surface area (Å²) in [5.41, 5.74) is 0. The second-order valence-corrected chi connectivity index (χ2v) is 5.61. The number of rotatable bonds is 2. The van der Waals surface area contributed by atoms with Crippen molar-refractivity contribution >= 4 is 17.3 Å². The first-order chi connectivity index (χ1) is 7.24. The number of hydrogen-bond acceptors (Lipinski definition) is 1. The predicted molar refractivity (Wildman–Crippen MR) is 67.9 cm³/mol. The van der Waals surface area contributed by atoms with Crippen molar-refractivity contribution in [3.8, 4) is 0 Å². The predicted octanol–water partition coefficient (Wildman–Crippen LogP) is 2.58. The summed E-state index contributed by atoms with van der Waals surface area (Å²) in [6, 6.07) is 1.29. The number of hydrogen-bond donors (Lipinski definition) is 2. The molecule has 0 heterocycles. The molecule has 2 unspecified atom stereocenters. The van der Waals surface area contributed by atoms with Crippen LogP contribution in [0.4, 0.5) is 0 Å². The Morgan fingerprint density at radius 1 is 0.933 bits per heavy atom. The molecule has 0 amide bonds. The zero-order valence-electron chi connectivity index (χ0n) is 9.59. The Balaban J connectivity index is 1.70. The first kappa shape index (κ1) is 11.2. The molecule has 0 bridgehead atoms. The van der Waals surface area contributed by atoms with E-state index in [1.54, 1.807) is 0 Å². The van der Waals surface area contributed by atoms with Gasteiger partial charge in [-0.3, -0.25) is 0 Å². The summed E-state index contributed by atoms with van der Waals surface area (Å²) in [6.07, 6.45) is 9.26. The quantitative estimate of drug-likeness (QED) is 0.559. The maximum absolute atomic E-state index is 5.30. The van der Waals surface area contributed by atoms with Gasteiger partial charge < -0.3 is 10.6 Å². The molecule has 0 aromatic rings. The van der Waals surface area contributed by atoms with E-state index in [0.717, 1.165) is 11.0 Å². The van der Waals surface area contributed by atoms with Crippen molar-refractivity contribution in [1.82, 2.24) is 10.6 Å². The lowest BCUT2D eigenvalue weighted by molar-refractivity contribution is 0.488. The summed E-state index contributed by atoms with van der Waals surface area (Å²) >= 11 is 5.30. The molecule has 2 saturated carbocycles. The minimum absolute atomic E-state index is 0.619. The molecule has 2 aliphatic carbocycles. The van der Waals surface area contributed by atoms with Crippen LogP contribution in [0.3, 0.4) is 0 Å². The number of nitrogens with one attached hydrogen (secondary N) is 2. The SMILES string of the molecule is CC1CCCC(NC(=S)NC2CC2)CC1. The lowest BCUT2D eigenvalue weighted by atomic mass is 10.0. The highest BCUT2D eigenvalue weighted by atomic mass is 32.1. The molecule has 0 radical (unpaired) electrons. The molecule has 2 nitrogen and oxygen atoms in total. The molecule has 2 fully saturated rings. The molecule has 2 N–H and O–H groups in total. The van der Waals surface area contributed by atoms with Crippen molar-refractivity contribution < 1.29 is 0 Å². The lowest BCUT2D eigenvalue weighted by Crippen LogP contribution is -2.42. The second-order valence-electron chi connectivity index (χ2n) is 5.20. The highest BCUT2D eigenvalue weighted by Gasteiger charge is 2.23. The van der Waals surface area contributed by atoms with E-state index in [-0.39, 0.29) is 0 Å². The normalized spacial score (nSPS) is 31.8. The maximum Gasteiger partial charge on any atom is 0.166 e. The van der Waals surface area contributed by atoms with Crippen molar-refractivity contribution in [2.24, 2.45) is 5.92 Å². The molecular formula is C12H22N2S. The van der Waals surface area contributed by atoms with Crippen LogP contribution in [0.25, 0.3) is 0 Å². The van der Waals surface area contributed by atoms with Crippen molar-refractivity contribution in [3.05, 3.63) is 0 Å². The Labute approximate surface area is 98.2 Å². The smallest absolute Gasteiger partial charge is 0.166 e. The summed E-state index contributed by atoms with van der Waals surface area (Å²) in [5.74, 6) is 0.904. The second kappa shape index (κ2) is 5.15. The molecule has 15 heavy (non-hydrogen) atoms. The van der Waals surface area contributed by atoms with Crippen molar-refractivity contribution in [1.29, 1.82) is 0 Å². The standard InChI is InChI=1S/C12H22N2S/c1-9-3-2-4-10(6-5-9)13-12(15)14-11-7-8-11/h9-11H,2-8H2,1H3,(H2,13,14,15). The third kappa shape index (κ3) is 3.98. The van der Waals surface area contributed by atoms with Crippen molar-refractivity contribution in [3.63, 3.8) is 0 Å². The highest BCUT2D eigenvalue weighted by molar-refractivity contribution is 7.80. The minimum Gasteiger partial charge on any atom is -0.360 e. The van der Waals surface area contributed by atoms with Gasteiger partial charge in [-0.25, -0.2) is 0 Å². The Bertz CT molecular complexity index is 226. The van der Waals surface area contributed by atoms with Crippen LogP contribution in [-0.4, -0.2) is 17.2 Å². The molecular weight excluding hydrogens is 204 g/mol. The molecule has 0 saturated heterocycles. The lowest BCUT2D eigenvalue weighted by Gasteiger charge is -2.19. The fraction of sp³-hybridized carbons (Fsp3) is 0.917. The summed E-state index contributed by atoms with van der Waals surface area (Å²) in [4.78, 5) is 0. The third-order valence-corrected chi connectivity index (χ3v) is 3.74. The van der Waals surface area contributed by atoms with E-state index in [1.165, 1.54) is 44.9 Å². The van der Waals surface area contributed by atoms with Gasteiger partial charge in [0.15, 0.2) is 5.11 Å². The topological polar surface area (TPSA) is 24.1 Å². The molecule has 0 aliphatic heterocycles. The Morgan fingerprint density at radius 3 is 2.20 bits per heavy atom. The average molecular weight is 226 g/mol. The van der Waals surface area contributed by atoms with Crippen molar-refractivity contribution in [2.75, 3.05) is 0 Å². The van der Waals surface area contributed by atoms with Gasteiger partial charge in [-0.05, 0) is 50.2 Å². The third-order valence-electron chi connectivity index (χ3n) is 3.51. The Kier molecular flexibility index (Phi) is 3.84. The van der Waals surface area contributed by atoms with Gasteiger partial charge in [0.2, 0.25) is 0 Å².